The van der Waals surface area contributed by atoms with Crippen molar-refractivity contribution in [3.8, 4) is 0 Å². The maximum absolute atomic E-state index is 6.36. The quantitative estimate of drug-likeness (QED) is 0.549. The van der Waals surface area contributed by atoms with Crippen LogP contribution < -0.4 is 5.73 Å². The van der Waals surface area contributed by atoms with Gasteiger partial charge < -0.3 is 5.73 Å². The van der Waals surface area contributed by atoms with Crippen LogP contribution in [0.25, 0.3) is 0 Å². The zero-order valence-corrected chi connectivity index (χ0v) is 14.6. The fourth-order valence-electron chi connectivity index (χ4n) is 3.77. The first-order valence-corrected chi connectivity index (χ1v) is 9.20. The third kappa shape index (κ3) is 6.61. The number of nitrogens with two attached hydrogens (primary N) is 1. The second kappa shape index (κ2) is 9.07. The summed E-state index contributed by atoms with van der Waals surface area (Å²) in [6, 6.07) is 0.480. The Bertz CT molecular complexity index is 241. The lowest BCUT2D eigenvalue weighted by atomic mass is 9.67. The van der Waals surface area contributed by atoms with Gasteiger partial charge in [0.15, 0.2) is 0 Å². The largest absolute Gasteiger partial charge is 0.327 e. The van der Waals surface area contributed by atoms with E-state index in [0.29, 0.717) is 11.5 Å². The van der Waals surface area contributed by atoms with E-state index in [0.717, 1.165) is 11.8 Å². The first kappa shape index (κ1) is 18.0. The van der Waals surface area contributed by atoms with E-state index in [4.69, 9.17) is 5.73 Å². The van der Waals surface area contributed by atoms with E-state index in [1.165, 1.54) is 70.6 Å². The number of hydrogen-bond acceptors (Lipinski definition) is 1. The van der Waals surface area contributed by atoms with Gasteiger partial charge in [-0.25, -0.2) is 0 Å². The Morgan fingerprint density at radius 2 is 1.50 bits per heavy atom. The van der Waals surface area contributed by atoms with E-state index in [2.05, 4.69) is 27.7 Å². The van der Waals surface area contributed by atoms with Crippen molar-refractivity contribution in [2.75, 3.05) is 0 Å². The number of unbranched alkanes of at least 4 members (excludes halogenated alkanes) is 6. The molecule has 0 aromatic carbocycles. The van der Waals surface area contributed by atoms with Gasteiger partial charge in [-0.15, -0.1) is 0 Å². The Morgan fingerprint density at radius 1 is 0.900 bits per heavy atom. The summed E-state index contributed by atoms with van der Waals surface area (Å²) >= 11 is 0. The van der Waals surface area contributed by atoms with Crippen molar-refractivity contribution in [2.24, 2.45) is 23.0 Å². The summed E-state index contributed by atoms with van der Waals surface area (Å²) in [5.41, 5.74) is 6.84. The highest BCUT2D eigenvalue weighted by Gasteiger charge is 2.33. The monoisotopic (exact) mass is 281 g/mol. The van der Waals surface area contributed by atoms with Crippen LogP contribution in [0.2, 0.25) is 0 Å². The van der Waals surface area contributed by atoms with Gasteiger partial charge in [0.1, 0.15) is 0 Å². The summed E-state index contributed by atoms with van der Waals surface area (Å²) in [6.07, 6.45) is 15.3. The summed E-state index contributed by atoms with van der Waals surface area (Å²) in [5.74, 6) is 1.68. The molecule has 2 N–H and O–H groups in total. The minimum absolute atomic E-state index is 0.471. The van der Waals surface area contributed by atoms with Crippen LogP contribution in [0.1, 0.15) is 98.3 Å². The fraction of sp³-hybridized carbons (Fsp3) is 1.00. The molecule has 0 saturated heterocycles. The number of rotatable bonds is 8. The molecule has 0 amide bonds. The normalized spacial score (nSPS) is 27.8. The molecule has 1 rings (SSSR count). The van der Waals surface area contributed by atoms with E-state index in [-0.39, 0.29) is 0 Å². The predicted molar refractivity (Wildman–Crippen MR) is 90.9 cm³/mol. The van der Waals surface area contributed by atoms with Crippen LogP contribution in [0.15, 0.2) is 0 Å². The van der Waals surface area contributed by atoms with Gasteiger partial charge >= 0.3 is 0 Å². The Morgan fingerprint density at radius 3 is 2.10 bits per heavy atom. The van der Waals surface area contributed by atoms with Crippen LogP contribution in [0.4, 0.5) is 0 Å². The summed E-state index contributed by atoms with van der Waals surface area (Å²) in [5, 5.41) is 0. The van der Waals surface area contributed by atoms with Gasteiger partial charge in [-0.3, -0.25) is 0 Å². The summed E-state index contributed by atoms with van der Waals surface area (Å²) in [4.78, 5) is 0. The summed E-state index contributed by atoms with van der Waals surface area (Å²) in [7, 11) is 0. The molecule has 1 nitrogen and oxygen atoms in total. The highest BCUT2D eigenvalue weighted by Crippen LogP contribution is 2.41. The van der Waals surface area contributed by atoms with E-state index in [1.807, 2.05) is 0 Å². The molecule has 3 atom stereocenters. The molecule has 20 heavy (non-hydrogen) atoms. The number of hydrogen-bond donors (Lipinski definition) is 1. The van der Waals surface area contributed by atoms with Crippen LogP contribution in [0.3, 0.4) is 0 Å². The Kier molecular flexibility index (Phi) is 8.17. The second-order valence-electron chi connectivity index (χ2n) is 8.21. The zero-order chi connectivity index (χ0) is 15.0. The fourth-order valence-corrected chi connectivity index (χ4v) is 3.77. The molecule has 0 aliphatic heterocycles. The van der Waals surface area contributed by atoms with Gasteiger partial charge in [-0.05, 0) is 42.9 Å². The molecule has 0 aromatic rings. The summed E-state index contributed by atoms with van der Waals surface area (Å²) in [6.45, 7) is 9.49. The van der Waals surface area contributed by atoms with Crippen LogP contribution >= 0.6 is 0 Å². The molecule has 120 valence electrons. The lowest BCUT2D eigenvalue weighted by molar-refractivity contribution is 0.121. The van der Waals surface area contributed by atoms with Crippen molar-refractivity contribution in [2.45, 2.75) is 104 Å². The van der Waals surface area contributed by atoms with Crippen molar-refractivity contribution in [3.63, 3.8) is 0 Å². The van der Waals surface area contributed by atoms with Gasteiger partial charge in [0.2, 0.25) is 0 Å². The molecule has 0 heterocycles. The first-order chi connectivity index (χ1) is 9.45. The van der Waals surface area contributed by atoms with Crippen molar-refractivity contribution in [1.29, 1.82) is 0 Å². The molecule has 3 unspecified atom stereocenters. The molecule has 1 fully saturated rings. The molecular formula is C19H39N. The van der Waals surface area contributed by atoms with Gasteiger partial charge in [-0.2, -0.15) is 0 Å². The molecule has 0 aromatic heterocycles. The molecule has 1 aliphatic carbocycles. The van der Waals surface area contributed by atoms with E-state index < -0.39 is 0 Å². The van der Waals surface area contributed by atoms with Gasteiger partial charge in [0, 0.05) is 6.04 Å². The molecule has 1 aliphatic rings. The highest BCUT2D eigenvalue weighted by molar-refractivity contribution is 4.87. The Labute approximate surface area is 128 Å². The van der Waals surface area contributed by atoms with Gasteiger partial charge in [0.05, 0.1) is 0 Å². The second-order valence-corrected chi connectivity index (χ2v) is 8.21. The Balaban J connectivity index is 2.17. The average Bonchev–Trinajstić information content (AvgIpc) is 2.38. The minimum Gasteiger partial charge on any atom is -0.327 e. The molecule has 0 bridgehead atoms. The van der Waals surface area contributed by atoms with E-state index in [9.17, 15) is 0 Å². The minimum atomic E-state index is 0.471. The predicted octanol–water partition coefficient (Wildman–Crippen LogP) is 5.92. The third-order valence-corrected chi connectivity index (χ3v) is 5.44. The topological polar surface area (TPSA) is 26.0 Å². The van der Waals surface area contributed by atoms with Crippen LogP contribution in [0, 0.1) is 17.3 Å². The SMILES string of the molecule is CCCCCCCCCC1CC(C(C)(C)C)CCC1N. The van der Waals surface area contributed by atoms with Gasteiger partial charge in [-0.1, -0.05) is 72.6 Å². The molecule has 1 heteroatoms. The molecule has 1 saturated carbocycles. The standard InChI is InChI=1S/C19H39N/c1-5-6-7-8-9-10-11-12-16-15-17(19(2,3)4)13-14-18(16)20/h16-18H,5-15,20H2,1-4H3. The van der Waals surface area contributed by atoms with Crippen molar-refractivity contribution >= 4 is 0 Å². The van der Waals surface area contributed by atoms with Crippen molar-refractivity contribution in [1.82, 2.24) is 0 Å². The van der Waals surface area contributed by atoms with E-state index in [1.54, 1.807) is 0 Å². The van der Waals surface area contributed by atoms with E-state index >= 15 is 0 Å². The maximum atomic E-state index is 6.36. The lowest BCUT2D eigenvalue weighted by Crippen LogP contribution is -2.39. The average molecular weight is 282 g/mol. The zero-order valence-electron chi connectivity index (χ0n) is 14.6. The summed E-state index contributed by atoms with van der Waals surface area (Å²) < 4.78 is 0. The molecular weight excluding hydrogens is 242 g/mol. The van der Waals surface area contributed by atoms with Crippen LogP contribution in [0.5, 0.6) is 0 Å². The van der Waals surface area contributed by atoms with Crippen LogP contribution in [-0.4, -0.2) is 6.04 Å². The lowest BCUT2D eigenvalue weighted by Gasteiger charge is -2.40. The molecule has 0 spiro atoms. The smallest absolute Gasteiger partial charge is 0.00673 e. The highest BCUT2D eigenvalue weighted by atomic mass is 14.7. The maximum Gasteiger partial charge on any atom is 0.00673 e. The van der Waals surface area contributed by atoms with Gasteiger partial charge in [0.25, 0.3) is 0 Å². The third-order valence-electron chi connectivity index (χ3n) is 5.44. The Hall–Kier alpha value is -0.0400. The molecule has 0 radical (unpaired) electrons. The van der Waals surface area contributed by atoms with Crippen LogP contribution in [-0.2, 0) is 0 Å². The van der Waals surface area contributed by atoms with Crippen molar-refractivity contribution in [3.05, 3.63) is 0 Å². The first-order valence-electron chi connectivity index (χ1n) is 9.20. The van der Waals surface area contributed by atoms with Crippen molar-refractivity contribution < 1.29 is 0 Å².